The molecule has 1 aliphatic heterocycles. The fourth-order valence-corrected chi connectivity index (χ4v) is 2.69. The maximum absolute atomic E-state index is 12.7. The highest BCUT2D eigenvalue weighted by atomic mass is 16.5. The van der Waals surface area contributed by atoms with Crippen molar-refractivity contribution >= 4 is 11.9 Å². The summed E-state index contributed by atoms with van der Waals surface area (Å²) in [6, 6.07) is 7.39. The number of amides is 1. The van der Waals surface area contributed by atoms with E-state index >= 15 is 0 Å². The number of carboxylic acids is 1. The van der Waals surface area contributed by atoms with Gasteiger partial charge in [0, 0.05) is 20.2 Å². The molecule has 0 spiro atoms. The van der Waals surface area contributed by atoms with Crippen LogP contribution in [0.15, 0.2) is 24.3 Å². The van der Waals surface area contributed by atoms with Crippen LogP contribution in [0.25, 0.3) is 0 Å². The Hall–Kier alpha value is -1.88. The van der Waals surface area contributed by atoms with Crippen molar-refractivity contribution in [3.05, 3.63) is 35.4 Å². The maximum atomic E-state index is 12.7. The van der Waals surface area contributed by atoms with Gasteiger partial charge in [-0.15, -0.1) is 0 Å². The Balaban J connectivity index is 2.34. The Labute approximate surface area is 124 Å². The largest absolute Gasteiger partial charge is 0.481 e. The third kappa shape index (κ3) is 2.78. The first-order valence-electron chi connectivity index (χ1n) is 7.08. The van der Waals surface area contributed by atoms with Gasteiger partial charge >= 0.3 is 5.97 Å². The molecule has 0 aliphatic carbocycles. The molecule has 1 amide bonds. The number of rotatable bonds is 4. The van der Waals surface area contributed by atoms with E-state index in [1.165, 1.54) is 7.11 Å². The quantitative estimate of drug-likeness (QED) is 0.921. The number of carbonyl (C=O) groups is 2. The Morgan fingerprint density at radius 1 is 1.43 bits per heavy atom. The van der Waals surface area contributed by atoms with E-state index in [0.29, 0.717) is 13.0 Å². The van der Waals surface area contributed by atoms with Crippen LogP contribution in [0.1, 0.15) is 37.3 Å². The molecule has 0 bridgehead atoms. The summed E-state index contributed by atoms with van der Waals surface area (Å²) in [6.45, 7) is 4.24. The van der Waals surface area contributed by atoms with E-state index < -0.39 is 17.5 Å². The third-order valence-electron chi connectivity index (χ3n) is 4.36. The molecule has 1 aromatic rings. The number of carbonyl (C=O) groups excluding carboxylic acids is 1. The monoisotopic (exact) mass is 291 g/mol. The lowest BCUT2D eigenvalue weighted by atomic mass is 9.88. The fourth-order valence-electron chi connectivity index (χ4n) is 2.69. The Morgan fingerprint density at radius 2 is 2.10 bits per heavy atom. The molecule has 5 heteroatoms. The highest BCUT2D eigenvalue weighted by Crippen LogP contribution is 2.30. The number of nitrogens with zero attached hydrogens (tertiary/aromatic N) is 1. The van der Waals surface area contributed by atoms with Crippen LogP contribution in [0, 0.1) is 0 Å². The Kier molecular flexibility index (Phi) is 4.32. The molecular formula is C16H21NO4. The van der Waals surface area contributed by atoms with Crippen LogP contribution >= 0.6 is 0 Å². The van der Waals surface area contributed by atoms with Crippen LogP contribution in [0.4, 0.5) is 0 Å². The standard InChI is InChI=1S/C16H21NO4/c1-4-16(2,21-3)15(20)17-9-11-7-5-6-8-12(11)13(10-17)14(18)19/h5-8,13H,4,9-10H2,1-3H3,(H,18,19). The fraction of sp³-hybridized carbons (Fsp3) is 0.500. The third-order valence-corrected chi connectivity index (χ3v) is 4.36. The summed E-state index contributed by atoms with van der Waals surface area (Å²) >= 11 is 0. The SMILES string of the molecule is CCC(C)(OC)C(=O)N1Cc2ccccc2C(C(=O)O)C1. The zero-order valence-electron chi connectivity index (χ0n) is 12.6. The number of hydrogen-bond acceptors (Lipinski definition) is 3. The number of aliphatic carboxylic acids is 1. The first-order chi connectivity index (χ1) is 9.92. The molecule has 114 valence electrons. The number of fused-ring (bicyclic) bond motifs is 1. The van der Waals surface area contributed by atoms with Crippen molar-refractivity contribution < 1.29 is 19.4 Å². The average molecular weight is 291 g/mol. The van der Waals surface area contributed by atoms with Gasteiger partial charge in [-0.1, -0.05) is 31.2 Å². The molecule has 2 unspecified atom stereocenters. The van der Waals surface area contributed by atoms with Crippen molar-refractivity contribution in [2.75, 3.05) is 13.7 Å². The van der Waals surface area contributed by atoms with Crippen LogP contribution < -0.4 is 0 Å². The molecule has 0 saturated heterocycles. The molecule has 5 nitrogen and oxygen atoms in total. The van der Waals surface area contributed by atoms with E-state index in [1.54, 1.807) is 11.8 Å². The number of methoxy groups -OCH3 is 1. The molecule has 1 aromatic carbocycles. The molecule has 1 heterocycles. The predicted molar refractivity (Wildman–Crippen MR) is 77.9 cm³/mol. The predicted octanol–water partition coefficient (Wildman–Crippen LogP) is 2.01. The van der Waals surface area contributed by atoms with Crippen molar-refractivity contribution in [3.63, 3.8) is 0 Å². The van der Waals surface area contributed by atoms with Crippen LogP contribution in [-0.4, -0.2) is 41.1 Å². The normalized spacial score (nSPS) is 20.5. The molecule has 2 rings (SSSR count). The van der Waals surface area contributed by atoms with Gasteiger partial charge in [-0.05, 0) is 24.5 Å². The van der Waals surface area contributed by atoms with Crippen molar-refractivity contribution in [1.82, 2.24) is 4.90 Å². The van der Waals surface area contributed by atoms with Crippen molar-refractivity contribution in [2.45, 2.75) is 38.3 Å². The first kappa shape index (κ1) is 15.5. The zero-order chi connectivity index (χ0) is 15.6. The van der Waals surface area contributed by atoms with Gasteiger partial charge in [-0.2, -0.15) is 0 Å². The molecule has 21 heavy (non-hydrogen) atoms. The van der Waals surface area contributed by atoms with Crippen LogP contribution in [0.3, 0.4) is 0 Å². The summed E-state index contributed by atoms with van der Waals surface area (Å²) in [5.74, 6) is -1.75. The second-order valence-electron chi connectivity index (χ2n) is 5.56. The molecule has 0 saturated carbocycles. The Morgan fingerprint density at radius 3 is 2.67 bits per heavy atom. The Bertz CT molecular complexity index is 551. The van der Waals surface area contributed by atoms with Gasteiger partial charge in [0.1, 0.15) is 5.60 Å². The smallest absolute Gasteiger partial charge is 0.312 e. The minimum absolute atomic E-state index is 0.159. The highest BCUT2D eigenvalue weighted by Gasteiger charge is 2.39. The van der Waals surface area contributed by atoms with Gasteiger partial charge in [-0.25, -0.2) is 0 Å². The topological polar surface area (TPSA) is 66.8 Å². The van der Waals surface area contributed by atoms with Gasteiger partial charge in [0.2, 0.25) is 0 Å². The van der Waals surface area contributed by atoms with E-state index in [1.807, 2.05) is 31.2 Å². The minimum atomic E-state index is -0.907. The summed E-state index contributed by atoms with van der Waals surface area (Å²) in [4.78, 5) is 25.8. The van der Waals surface area contributed by atoms with Crippen molar-refractivity contribution in [2.24, 2.45) is 0 Å². The summed E-state index contributed by atoms with van der Waals surface area (Å²) in [5, 5.41) is 9.43. The van der Waals surface area contributed by atoms with Crippen molar-refractivity contribution in [3.8, 4) is 0 Å². The molecule has 0 radical (unpaired) electrons. The summed E-state index contributed by atoms with van der Waals surface area (Å²) in [6.07, 6.45) is 0.540. The molecular weight excluding hydrogens is 270 g/mol. The van der Waals surface area contributed by atoms with Gasteiger partial charge in [0.25, 0.3) is 5.91 Å². The van der Waals surface area contributed by atoms with E-state index in [0.717, 1.165) is 11.1 Å². The second-order valence-corrected chi connectivity index (χ2v) is 5.56. The van der Waals surface area contributed by atoms with Gasteiger partial charge in [-0.3, -0.25) is 9.59 Å². The molecule has 1 N–H and O–H groups in total. The average Bonchev–Trinajstić information content (AvgIpc) is 2.52. The lowest BCUT2D eigenvalue weighted by Crippen LogP contribution is -2.51. The first-order valence-corrected chi connectivity index (χ1v) is 7.08. The number of hydrogen-bond donors (Lipinski definition) is 1. The van der Waals surface area contributed by atoms with E-state index in [4.69, 9.17) is 4.74 Å². The van der Waals surface area contributed by atoms with Crippen molar-refractivity contribution in [1.29, 1.82) is 0 Å². The van der Waals surface area contributed by atoms with E-state index in [9.17, 15) is 14.7 Å². The second kappa shape index (κ2) is 5.85. The number of benzene rings is 1. The number of carboxylic acid groups (broad SMARTS) is 1. The van der Waals surface area contributed by atoms with Gasteiger partial charge in [0.15, 0.2) is 0 Å². The maximum Gasteiger partial charge on any atom is 0.312 e. The highest BCUT2D eigenvalue weighted by molar-refractivity contribution is 5.86. The molecule has 1 aliphatic rings. The van der Waals surface area contributed by atoms with Gasteiger partial charge in [0.05, 0.1) is 5.92 Å². The van der Waals surface area contributed by atoms with Gasteiger partial charge < -0.3 is 14.7 Å². The number of ether oxygens (including phenoxy) is 1. The minimum Gasteiger partial charge on any atom is -0.481 e. The lowest BCUT2D eigenvalue weighted by Gasteiger charge is -2.38. The molecule has 0 fully saturated rings. The summed E-state index contributed by atoms with van der Waals surface area (Å²) in [5.41, 5.74) is 0.777. The zero-order valence-corrected chi connectivity index (χ0v) is 12.6. The lowest BCUT2D eigenvalue weighted by molar-refractivity contribution is -0.156. The summed E-state index contributed by atoms with van der Waals surface area (Å²) < 4.78 is 5.35. The van der Waals surface area contributed by atoms with E-state index in [2.05, 4.69) is 0 Å². The van der Waals surface area contributed by atoms with E-state index in [-0.39, 0.29) is 12.5 Å². The summed E-state index contributed by atoms with van der Waals surface area (Å²) in [7, 11) is 1.51. The molecule has 2 atom stereocenters. The van der Waals surface area contributed by atoms with Crippen LogP contribution in [0.2, 0.25) is 0 Å². The van der Waals surface area contributed by atoms with Crippen LogP contribution in [-0.2, 0) is 20.9 Å². The van der Waals surface area contributed by atoms with Crippen LogP contribution in [0.5, 0.6) is 0 Å². The molecule has 0 aromatic heterocycles.